The highest BCUT2D eigenvalue weighted by Gasteiger charge is 2.32. The van der Waals surface area contributed by atoms with Gasteiger partial charge in [-0.3, -0.25) is 4.79 Å². The minimum absolute atomic E-state index is 0.102. The maximum atomic E-state index is 12.7. The lowest BCUT2D eigenvalue weighted by Gasteiger charge is -2.31. The fraction of sp³-hybridized carbons (Fsp3) is 0.588. The molecule has 1 aliphatic heterocycles. The normalized spacial score (nSPS) is 17.0. The molecule has 152 valence electrons. The van der Waals surface area contributed by atoms with Crippen LogP contribution in [0.15, 0.2) is 29.2 Å². The van der Waals surface area contributed by atoms with Crippen molar-refractivity contribution in [2.75, 3.05) is 39.3 Å². The number of nitrogens with one attached hydrogen (secondary N) is 2. The van der Waals surface area contributed by atoms with Crippen LogP contribution in [0.1, 0.15) is 18.9 Å². The first-order valence-electron chi connectivity index (χ1n) is 8.88. The first kappa shape index (κ1) is 21.6. The van der Waals surface area contributed by atoms with Gasteiger partial charge in [0, 0.05) is 0 Å². The molecule has 0 radical (unpaired) electrons. The third-order valence-corrected chi connectivity index (χ3v) is 6.34. The van der Waals surface area contributed by atoms with Crippen molar-refractivity contribution in [1.29, 1.82) is 0 Å². The van der Waals surface area contributed by atoms with E-state index in [-0.39, 0.29) is 24.5 Å². The largest absolute Gasteiger partial charge is 0.405 e. The number of carbonyl (C=O) groups is 1. The van der Waals surface area contributed by atoms with Gasteiger partial charge in [-0.05, 0) is 24.1 Å². The summed E-state index contributed by atoms with van der Waals surface area (Å²) in [5, 5.41) is 1.84. The zero-order valence-electron chi connectivity index (χ0n) is 15.2. The van der Waals surface area contributed by atoms with E-state index in [0.717, 1.165) is 23.3 Å². The predicted octanol–water partition coefficient (Wildman–Crippen LogP) is 0.207. The number of aryl methyl sites for hydroxylation is 1. The molecule has 1 aliphatic rings. The summed E-state index contributed by atoms with van der Waals surface area (Å²) in [5.74, 6) is -0.690. The number of rotatable bonds is 7. The number of nitrogens with zero attached hydrogens (tertiary/aromatic N) is 1. The van der Waals surface area contributed by atoms with E-state index in [0.29, 0.717) is 13.1 Å². The summed E-state index contributed by atoms with van der Waals surface area (Å²) in [6, 6.07) is 6.82. The van der Waals surface area contributed by atoms with E-state index in [1.165, 1.54) is 4.31 Å². The molecule has 0 unspecified atom stereocenters. The lowest BCUT2D eigenvalue weighted by atomic mass is 10.1. The molecule has 1 aromatic carbocycles. The number of sulfonamides is 1. The van der Waals surface area contributed by atoms with E-state index in [4.69, 9.17) is 0 Å². The zero-order chi connectivity index (χ0) is 20.1. The second-order valence-corrected chi connectivity index (χ2v) is 8.55. The van der Waals surface area contributed by atoms with E-state index in [1.54, 1.807) is 12.1 Å². The van der Waals surface area contributed by atoms with Crippen LogP contribution in [0.5, 0.6) is 0 Å². The summed E-state index contributed by atoms with van der Waals surface area (Å²) in [6.45, 7) is 1.78. The highest BCUT2D eigenvalue weighted by molar-refractivity contribution is 7.89. The molecule has 0 aliphatic carbocycles. The molecule has 1 fully saturated rings. The number of alkyl halides is 3. The Morgan fingerprint density at radius 2 is 1.78 bits per heavy atom. The van der Waals surface area contributed by atoms with E-state index >= 15 is 0 Å². The molecule has 2 rings (SSSR count). The minimum atomic E-state index is -4.44. The Morgan fingerprint density at radius 1 is 1.19 bits per heavy atom. The molecule has 1 amide bonds. The molecule has 6 nitrogen and oxygen atoms in total. The Hall–Kier alpha value is -1.65. The number of hydrogen-bond acceptors (Lipinski definition) is 3. The van der Waals surface area contributed by atoms with Crippen molar-refractivity contribution in [3.05, 3.63) is 29.8 Å². The highest BCUT2D eigenvalue weighted by atomic mass is 32.2. The predicted molar refractivity (Wildman–Crippen MR) is 93.8 cm³/mol. The molecule has 0 saturated carbocycles. The fourth-order valence-electron chi connectivity index (χ4n) is 2.97. The van der Waals surface area contributed by atoms with Gasteiger partial charge >= 0.3 is 6.18 Å². The number of carbonyl (C=O) groups excluding carboxylic acids is 1. The number of hydrogen-bond donors (Lipinski definition) is 2. The third-order valence-electron chi connectivity index (χ3n) is 4.43. The summed E-state index contributed by atoms with van der Waals surface area (Å²) in [4.78, 5) is 12.6. The van der Waals surface area contributed by atoms with Gasteiger partial charge < -0.3 is 10.2 Å². The number of quaternary nitrogens is 1. The van der Waals surface area contributed by atoms with Crippen molar-refractivity contribution >= 4 is 15.9 Å². The van der Waals surface area contributed by atoms with Crippen LogP contribution in [0, 0.1) is 0 Å². The number of benzene rings is 1. The quantitative estimate of drug-likeness (QED) is 0.678. The maximum absolute atomic E-state index is 12.7. The molecular weight excluding hydrogens is 383 g/mol. The molecule has 0 atom stereocenters. The van der Waals surface area contributed by atoms with Crippen molar-refractivity contribution in [2.45, 2.75) is 30.8 Å². The van der Waals surface area contributed by atoms with Crippen LogP contribution in [-0.4, -0.2) is 64.1 Å². The molecular formula is C17H25F3N3O3S+. The van der Waals surface area contributed by atoms with Gasteiger partial charge in [-0.1, -0.05) is 25.5 Å². The molecule has 0 spiro atoms. The maximum Gasteiger partial charge on any atom is 0.405 e. The van der Waals surface area contributed by atoms with E-state index in [9.17, 15) is 26.4 Å². The minimum Gasteiger partial charge on any atom is -0.342 e. The summed E-state index contributed by atoms with van der Waals surface area (Å²) in [6.07, 6.45) is -2.57. The van der Waals surface area contributed by atoms with Crippen LogP contribution < -0.4 is 10.2 Å². The van der Waals surface area contributed by atoms with Crippen molar-refractivity contribution in [2.24, 2.45) is 0 Å². The monoisotopic (exact) mass is 408 g/mol. The molecule has 27 heavy (non-hydrogen) atoms. The first-order chi connectivity index (χ1) is 12.6. The Morgan fingerprint density at radius 3 is 2.30 bits per heavy atom. The molecule has 1 saturated heterocycles. The van der Waals surface area contributed by atoms with Crippen molar-refractivity contribution in [1.82, 2.24) is 9.62 Å². The average molecular weight is 408 g/mol. The van der Waals surface area contributed by atoms with Gasteiger partial charge in [0.15, 0.2) is 6.54 Å². The van der Waals surface area contributed by atoms with Gasteiger partial charge in [-0.2, -0.15) is 17.5 Å². The summed E-state index contributed by atoms with van der Waals surface area (Å²) >= 11 is 0. The van der Waals surface area contributed by atoms with E-state index in [1.807, 2.05) is 17.4 Å². The SMILES string of the molecule is CCCc1ccc(S(=O)(=O)N2CC[NH+](CC(=O)NCC(F)(F)F)CC2)cc1. The zero-order valence-corrected chi connectivity index (χ0v) is 16.0. The van der Waals surface area contributed by atoms with Crippen LogP contribution >= 0.6 is 0 Å². The highest BCUT2D eigenvalue weighted by Crippen LogP contribution is 2.17. The van der Waals surface area contributed by atoms with E-state index in [2.05, 4.69) is 6.92 Å². The summed E-state index contributed by atoms with van der Waals surface area (Å²) in [7, 11) is -3.60. The van der Waals surface area contributed by atoms with Gasteiger partial charge in [0.25, 0.3) is 5.91 Å². The summed E-state index contributed by atoms with van der Waals surface area (Å²) in [5.41, 5.74) is 1.08. The smallest absolute Gasteiger partial charge is 0.342 e. The van der Waals surface area contributed by atoms with Gasteiger partial charge in [0.2, 0.25) is 10.0 Å². The Balaban J connectivity index is 1.87. The lowest BCUT2D eigenvalue weighted by molar-refractivity contribution is -0.895. The van der Waals surface area contributed by atoms with Crippen molar-refractivity contribution in [3.63, 3.8) is 0 Å². The van der Waals surface area contributed by atoms with Crippen LogP contribution in [0.25, 0.3) is 0 Å². The van der Waals surface area contributed by atoms with Crippen molar-refractivity contribution in [3.8, 4) is 0 Å². The van der Waals surface area contributed by atoms with Crippen LogP contribution in [0.4, 0.5) is 13.2 Å². The van der Waals surface area contributed by atoms with Gasteiger partial charge in [-0.15, -0.1) is 0 Å². The van der Waals surface area contributed by atoms with Crippen LogP contribution in [0.3, 0.4) is 0 Å². The molecule has 1 aromatic rings. The van der Waals surface area contributed by atoms with Gasteiger partial charge in [0.1, 0.15) is 6.54 Å². The van der Waals surface area contributed by atoms with Gasteiger partial charge in [-0.25, -0.2) is 8.42 Å². The number of amides is 1. The van der Waals surface area contributed by atoms with Crippen molar-refractivity contribution < 1.29 is 31.3 Å². The Bertz CT molecular complexity index is 728. The summed E-state index contributed by atoms with van der Waals surface area (Å²) < 4.78 is 63.1. The second-order valence-electron chi connectivity index (χ2n) is 6.62. The standard InChI is InChI=1S/C17H24F3N3O3S/c1-2-3-14-4-6-15(7-5-14)27(25,26)23-10-8-22(9-11-23)12-16(24)21-13-17(18,19)20/h4-7H,2-3,8-13H2,1H3,(H,21,24)/p+1. The Labute approximate surface area is 157 Å². The van der Waals surface area contributed by atoms with Crippen LogP contribution in [-0.2, 0) is 21.2 Å². The topological polar surface area (TPSA) is 70.9 Å². The molecule has 1 heterocycles. The average Bonchev–Trinajstić information content (AvgIpc) is 2.61. The lowest BCUT2D eigenvalue weighted by Crippen LogP contribution is -3.15. The molecule has 0 aromatic heterocycles. The first-order valence-corrected chi connectivity index (χ1v) is 10.3. The fourth-order valence-corrected chi connectivity index (χ4v) is 4.42. The Kier molecular flexibility index (Phi) is 7.24. The van der Waals surface area contributed by atoms with E-state index < -0.39 is 28.7 Å². The molecule has 0 bridgehead atoms. The molecule has 10 heteroatoms. The number of piperazine rings is 1. The number of halogens is 3. The third kappa shape index (κ3) is 6.47. The molecule has 2 N–H and O–H groups in total. The second kappa shape index (κ2) is 9.03. The van der Waals surface area contributed by atoms with Crippen LogP contribution in [0.2, 0.25) is 0 Å². The van der Waals surface area contributed by atoms with Gasteiger partial charge in [0.05, 0.1) is 31.1 Å².